The van der Waals surface area contributed by atoms with E-state index in [0.717, 1.165) is 5.69 Å². The van der Waals surface area contributed by atoms with Gasteiger partial charge in [-0.25, -0.2) is 4.98 Å². The molecule has 0 atom stereocenters. The molecule has 2 heterocycles. The van der Waals surface area contributed by atoms with Gasteiger partial charge in [0, 0.05) is 18.1 Å². The van der Waals surface area contributed by atoms with Crippen molar-refractivity contribution < 1.29 is 0 Å². The fourth-order valence-electron chi connectivity index (χ4n) is 1.70. The highest BCUT2D eigenvalue weighted by atomic mass is 15.3. The largest absolute Gasteiger partial charge is 0.368 e. The third-order valence-corrected chi connectivity index (χ3v) is 2.68. The van der Waals surface area contributed by atoms with Gasteiger partial charge in [-0.15, -0.1) is 0 Å². The molecule has 0 radical (unpaired) electrons. The standard InChI is InChI=1S/C13H13N7/c1-9-2-4-10(5-3-9)16-12-17-11(14)18-13(19-12)20-7-6-15-8-20/h2-8H,1H3,(H3,14,16,17,18,19). The molecule has 0 amide bonds. The van der Waals surface area contributed by atoms with E-state index < -0.39 is 0 Å². The molecule has 20 heavy (non-hydrogen) atoms. The lowest BCUT2D eigenvalue weighted by molar-refractivity contribution is 0.906. The third kappa shape index (κ3) is 2.56. The van der Waals surface area contributed by atoms with Crippen molar-refractivity contribution in [2.24, 2.45) is 0 Å². The van der Waals surface area contributed by atoms with Crippen LogP contribution < -0.4 is 11.1 Å². The van der Waals surface area contributed by atoms with Gasteiger partial charge in [0.05, 0.1) is 0 Å². The van der Waals surface area contributed by atoms with Crippen molar-refractivity contribution >= 4 is 17.6 Å². The first kappa shape index (κ1) is 12.1. The van der Waals surface area contributed by atoms with Crippen LogP contribution in [0.15, 0.2) is 43.0 Å². The molecular weight excluding hydrogens is 254 g/mol. The molecule has 0 bridgehead atoms. The summed E-state index contributed by atoms with van der Waals surface area (Å²) in [5.74, 6) is 0.966. The number of nitrogens with one attached hydrogen (secondary N) is 1. The number of hydrogen-bond donors (Lipinski definition) is 2. The van der Waals surface area contributed by atoms with Crippen LogP contribution in [0.4, 0.5) is 17.6 Å². The number of anilines is 3. The van der Waals surface area contributed by atoms with Crippen LogP contribution in [0.2, 0.25) is 0 Å². The zero-order valence-corrected chi connectivity index (χ0v) is 10.9. The fourth-order valence-corrected chi connectivity index (χ4v) is 1.70. The highest BCUT2D eigenvalue weighted by Crippen LogP contribution is 2.15. The maximum Gasteiger partial charge on any atom is 0.241 e. The monoisotopic (exact) mass is 267 g/mol. The molecular formula is C13H13N7. The predicted molar refractivity (Wildman–Crippen MR) is 75.8 cm³/mol. The molecule has 0 fully saturated rings. The summed E-state index contributed by atoms with van der Waals surface area (Å²) in [6, 6.07) is 7.91. The van der Waals surface area contributed by atoms with Gasteiger partial charge in [-0.1, -0.05) is 17.7 Å². The zero-order chi connectivity index (χ0) is 13.9. The molecule has 7 heteroatoms. The Morgan fingerprint density at radius 3 is 2.60 bits per heavy atom. The smallest absolute Gasteiger partial charge is 0.241 e. The van der Waals surface area contributed by atoms with Gasteiger partial charge in [0.1, 0.15) is 6.33 Å². The Bertz CT molecular complexity index is 704. The van der Waals surface area contributed by atoms with Gasteiger partial charge >= 0.3 is 0 Å². The Morgan fingerprint density at radius 1 is 1.10 bits per heavy atom. The van der Waals surface area contributed by atoms with Crippen molar-refractivity contribution in [3.63, 3.8) is 0 Å². The summed E-state index contributed by atoms with van der Waals surface area (Å²) in [5.41, 5.74) is 7.78. The summed E-state index contributed by atoms with van der Waals surface area (Å²) in [7, 11) is 0. The van der Waals surface area contributed by atoms with Crippen molar-refractivity contribution in [3.05, 3.63) is 48.5 Å². The van der Waals surface area contributed by atoms with Crippen LogP contribution in [-0.4, -0.2) is 24.5 Å². The van der Waals surface area contributed by atoms with E-state index in [9.17, 15) is 0 Å². The molecule has 3 N–H and O–H groups in total. The molecule has 7 nitrogen and oxygen atoms in total. The second kappa shape index (κ2) is 4.96. The zero-order valence-electron chi connectivity index (χ0n) is 10.9. The maximum absolute atomic E-state index is 5.71. The first-order chi connectivity index (χ1) is 9.70. The number of rotatable bonds is 3. The van der Waals surface area contributed by atoms with Crippen LogP contribution in [-0.2, 0) is 0 Å². The first-order valence-electron chi connectivity index (χ1n) is 6.04. The Kier molecular flexibility index (Phi) is 3.00. The summed E-state index contributed by atoms with van der Waals surface area (Å²) in [5, 5.41) is 3.10. The van der Waals surface area contributed by atoms with E-state index in [2.05, 4.69) is 25.3 Å². The SMILES string of the molecule is Cc1ccc(Nc2nc(N)nc(-n3ccnc3)n2)cc1. The van der Waals surface area contributed by atoms with Gasteiger partial charge in [0.15, 0.2) is 0 Å². The third-order valence-electron chi connectivity index (χ3n) is 2.68. The lowest BCUT2D eigenvalue weighted by atomic mass is 10.2. The number of nitrogen functional groups attached to an aromatic ring is 1. The molecule has 0 aliphatic rings. The van der Waals surface area contributed by atoms with E-state index in [1.54, 1.807) is 23.3 Å². The average molecular weight is 267 g/mol. The van der Waals surface area contributed by atoms with Gasteiger partial charge in [0.2, 0.25) is 17.8 Å². The molecule has 0 saturated carbocycles. The summed E-state index contributed by atoms with van der Waals surface area (Å²) in [6.07, 6.45) is 4.99. The second-order valence-electron chi connectivity index (χ2n) is 4.28. The van der Waals surface area contributed by atoms with Gasteiger partial charge in [-0.3, -0.25) is 4.57 Å². The second-order valence-corrected chi connectivity index (χ2v) is 4.28. The van der Waals surface area contributed by atoms with Crippen molar-refractivity contribution in [1.82, 2.24) is 24.5 Å². The minimum atomic E-state index is 0.151. The molecule has 0 spiro atoms. The highest BCUT2D eigenvalue weighted by Gasteiger charge is 2.06. The number of aromatic nitrogens is 5. The van der Waals surface area contributed by atoms with Crippen molar-refractivity contribution in [3.8, 4) is 5.95 Å². The molecule has 3 rings (SSSR count). The number of imidazole rings is 1. The lowest BCUT2D eigenvalue weighted by Crippen LogP contribution is -2.08. The molecule has 1 aromatic carbocycles. The minimum absolute atomic E-state index is 0.151. The fraction of sp³-hybridized carbons (Fsp3) is 0.0769. The van der Waals surface area contributed by atoms with Gasteiger partial charge in [-0.2, -0.15) is 15.0 Å². The van der Waals surface area contributed by atoms with Crippen LogP contribution in [0.5, 0.6) is 0 Å². The van der Waals surface area contributed by atoms with Crippen LogP contribution in [0.25, 0.3) is 5.95 Å². The molecule has 0 aliphatic carbocycles. The van der Waals surface area contributed by atoms with Crippen molar-refractivity contribution in [2.75, 3.05) is 11.1 Å². The summed E-state index contributed by atoms with van der Waals surface area (Å²) in [6.45, 7) is 2.03. The van der Waals surface area contributed by atoms with E-state index in [-0.39, 0.29) is 5.95 Å². The van der Waals surface area contributed by atoms with Crippen LogP contribution >= 0.6 is 0 Å². The Morgan fingerprint density at radius 2 is 1.90 bits per heavy atom. The van der Waals surface area contributed by atoms with Crippen molar-refractivity contribution in [1.29, 1.82) is 0 Å². The van der Waals surface area contributed by atoms with Gasteiger partial charge in [-0.05, 0) is 19.1 Å². The molecule has 100 valence electrons. The van der Waals surface area contributed by atoms with E-state index in [1.165, 1.54) is 5.56 Å². The minimum Gasteiger partial charge on any atom is -0.368 e. The molecule has 2 aromatic heterocycles. The molecule has 0 unspecified atom stereocenters. The highest BCUT2D eigenvalue weighted by molar-refractivity contribution is 5.54. The topological polar surface area (TPSA) is 94.5 Å². The van der Waals surface area contributed by atoms with E-state index in [0.29, 0.717) is 11.9 Å². The predicted octanol–water partition coefficient (Wildman–Crippen LogP) is 1.69. The Balaban J connectivity index is 1.92. The van der Waals surface area contributed by atoms with E-state index >= 15 is 0 Å². The number of nitrogens with zero attached hydrogens (tertiary/aromatic N) is 5. The van der Waals surface area contributed by atoms with Crippen LogP contribution in [0.3, 0.4) is 0 Å². The van der Waals surface area contributed by atoms with Crippen LogP contribution in [0.1, 0.15) is 5.56 Å². The van der Waals surface area contributed by atoms with Gasteiger partial charge < -0.3 is 11.1 Å². The lowest BCUT2D eigenvalue weighted by Gasteiger charge is -2.07. The summed E-state index contributed by atoms with van der Waals surface area (Å²) >= 11 is 0. The normalized spacial score (nSPS) is 10.4. The van der Waals surface area contributed by atoms with Crippen LogP contribution in [0, 0.1) is 6.92 Å². The maximum atomic E-state index is 5.71. The molecule has 3 aromatic rings. The first-order valence-corrected chi connectivity index (χ1v) is 6.04. The number of aryl methyl sites for hydroxylation is 1. The quantitative estimate of drug-likeness (QED) is 0.750. The number of benzene rings is 1. The van der Waals surface area contributed by atoms with E-state index in [4.69, 9.17) is 5.73 Å². The molecule has 0 saturated heterocycles. The Hall–Kier alpha value is -2.96. The number of hydrogen-bond acceptors (Lipinski definition) is 6. The number of nitrogens with two attached hydrogens (primary N) is 1. The summed E-state index contributed by atoms with van der Waals surface area (Å²) in [4.78, 5) is 16.4. The Labute approximate surface area is 115 Å². The van der Waals surface area contributed by atoms with Crippen molar-refractivity contribution in [2.45, 2.75) is 6.92 Å². The molecule has 0 aliphatic heterocycles. The average Bonchev–Trinajstić information content (AvgIpc) is 2.95. The summed E-state index contributed by atoms with van der Waals surface area (Å²) < 4.78 is 1.67. The van der Waals surface area contributed by atoms with E-state index in [1.807, 2.05) is 31.2 Å². The van der Waals surface area contributed by atoms with Gasteiger partial charge in [0.25, 0.3) is 0 Å².